The summed E-state index contributed by atoms with van der Waals surface area (Å²) in [6, 6.07) is 0. The molecule has 0 radical (unpaired) electrons. The Morgan fingerprint density at radius 3 is 2.92 bits per heavy atom. The molecule has 0 aromatic carbocycles. The van der Waals surface area contributed by atoms with Crippen LogP contribution in [-0.2, 0) is 0 Å². The predicted octanol–water partition coefficient (Wildman–Crippen LogP) is 0.887. The second-order valence-corrected chi connectivity index (χ2v) is 3.10. The van der Waals surface area contributed by atoms with Crippen LogP contribution in [0.3, 0.4) is 0 Å². The van der Waals surface area contributed by atoms with Gasteiger partial charge in [0.2, 0.25) is 6.29 Å². The van der Waals surface area contributed by atoms with E-state index in [1.165, 1.54) is 0 Å². The second kappa shape index (κ2) is 2.33. The Morgan fingerprint density at radius 1 is 1.42 bits per heavy atom. The first kappa shape index (κ1) is 7.34. The molecule has 64 valence electrons. The maximum Gasteiger partial charge on any atom is 0.217 e. The molecule has 4 heteroatoms. The molecule has 1 atom stereocenters. The van der Waals surface area contributed by atoms with E-state index in [1.807, 2.05) is 31.9 Å². The summed E-state index contributed by atoms with van der Waals surface area (Å²) in [5.74, 6) is 0.922. The number of nitrogens with one attached hydrogen (secondary N) is 1. The molecule has 4 nitrogen and oxygen atoms in total. The van der Waals surface area contributed by atoms with Crippen molar-refractivity contribution < 1.29 is 0 Å². The maximum atomic E-state index is 4.39. The van der Waals surface area contributed by atoms with Gasteiger partial charge in [-0.3, -0.25) is 0 Å². The van der Waals surface area contributed by atoms with Gasteiger partial charge in [0.1, 0.15) is 5.84 Å². The van der Waals surface area contributed by atoms with Crippen LogP contribution in [-0.4, -0.2) is 22.8 Å². The Morgan fingerprint density at radius 2 is 2.17 bits per heavy atom. The van der Waals surface area contributed by atoms with Crippen molar-refractivity contribution in [2.45, 2.75) is 27.1 Å². The number of nitrogens with zero attached hydrogens (tertiary/aromatic N) is 3. The van der Waals surface area contributed by atoms with E-state index < -0.39 is 0 Å². The van der Waals surface area contributed by atoms with Gasteiger partial charge in [0.25, 0.3) is 0 Å². The lowest BCUT2D eigenvalue weighted by molar-refractivity contribution is 0.281. The first-order valence-corrected chi connectivity index (χ1v) is 4.00. The summed E-state index contributed by atoms with van der Waals surface area (Å²) in [7, 11) is 0. The molecule has 1 unspecified atom stereocenters. The fourth-order valence-corrected chi connectivity index (χ4v) is 1.45. The number of fused-ring (bicyclic) bond motifs is 1. The van der Waals surface area contributed by atoms with Gasteiger partial charge in [0, 0.05) is 11.4 Å². The first-order chi connectivity index (χ1) is 5.66. The van der Waals surface area contributed by atoms with Gasteiger partial charge in [-0.05, 0) is 26.8 Å². The lowest BCUT2D eigenvalue weighted by Crippen LogP contribution is -2.37. The molecule has 2 aliphatic heterocycles. The fourth-order valence-electron chi connectivity index (χ4n) is 1.45. The third kappa shape index (κ3) is 0.995. The summed E-state index contributed by atoms with van der Waals surface area (Å²) in [5.41, 5.74) is 2.18. The molecular formula is C8H12N4. The molecule has 2 aliphatic rings. The van der Waals surface area contributed by atoms with Crippen LogP contribution in [0.15, 0.2) is 21.9 Å². The molecule has 12 heavy (non-hydrogen) atoms. The lowest BCUT2D eigenvalue weighted by atomic mass is 10.3. The summed E-state index contributed by atoms with van der Waals surface area (Å²) in [6.45, 7) is 5.97. The quantitative estimate of drug-likeness (QED) is 0.577. The van der Waals surface area contributed by atoms with Crippen molar-refractivity contribution in [3.63, 3.8) is 0 Å². The molecule has 1 N–H and O–H groups in total. The zero-order valence-corrected chi connectivity index (χ0v) is 7.50. The average molecular weight is 164 g/mol. The summed E-state index contributed by atoms with van der Waals surface area (Å²) < 4.78 is 0. The Kier molecular flexibility index (Phi) is 1.43. The van der Waals surface area contributed by atoms with Gasteiger partial charge in [-0.1, -0.05) is 0 Å². The summed E-state index contributed by atoms with van der Waals surface area (Å²) in [6.07, 6.45) is 2.02. The summed E-state index contributed by atoms with van der Waals surface area (Å²) >= 11 is 0. The zero-order valence-electron chi connectivity index (χ0n) is 7.50. The van der Waals surface area contributed by atoms with Crippen LogP contribution in [0.1, 0.15) is 20.8 Å². The minimum Gasteiger partial charge on any atom is -0.332 e. The van der Waals surface area contributed by atoms with Crippen molar-refractivity contribution in [1.29, 1.82) is 0 Å². The molecule has 0 amide bonds. The van der Waals surface area contributed by atoms with Gasteiger partial charge in [-0.25, -0.2) is 10.0 Å². The highest BCUT2D eigenvalue weighted by molar-refractivity contribution is 5.94. The standard InChI is InChI=1S/C8H12N4/c1-5-4-6(2)12-8(9-5)10-7(3)11-12/h4,8H,1-3H3,(H,10,11). The normalized spacial score (nSPS) is 27.1. The molecule has 0 aromatic heterocycles. The number of rotatable bonds is 0. The van der Waals surface area contributed by atoms with E-state index in [0.29, 0.717) is 0 Å². The molecule has 0 aliphatic carbocycles. The first-order valence-electron chi connectivity index (χ1n) is 4.00. The number of aliphatic imine (C=N–C) groups is 1. The van der Waals surface area contributed by atoms with Gasteiger partial charge in [-0.15, -0.1) is 0 Å². The zero-order chi connectivity index (χ0) is 8.72. The molecule has 0 saturated carbocycles. The predicted molar refractivity (Wildman–Crippen MR) is 48.7 cm³/mol. The molecule has 0 fully saturated rings. The molecule has 0 saturated heterocycles. The smallest absolute Gasteiger partial charge is 0.217 e. The van der Waals surface area contributed by atoms with E-state index in [2.05, 4.69) is 15.4 Å². The largest absolute Gasteiger partial charge is 0.332 e. The van der Waals surface area contributed by atoms with Crippen LogP contribution in [0.4, 0.5) is 0 Å². The van der Waals surface area contributed by atoms with Crippen LogP contribution < -0.4 is 5.32 Å². The maximum absolute atomic E-state index is 4.39. The monoisotopic (exact) mass is 164 g/mol. The van der Waals surface area contributed by atoms with Gasteiger partial charge < -0.3 is 5.32 Å². The Bertz CT molecular complexity index is 300. The van der Waals surface area contributed by atoms with Crippen LogP contribution in [0, 0.1) is 0 Å². The highest BCUT2D eigenvalue weighted by Crippen LogP contribution is 2.18. The minimum absolute atomic E-state index is 0.00463. The van der Waals surface area contributed by atoms with E-state index in [0.717, 1.165) is 17.2 Å². The van der Waals surface area contributed by atoms with Gasteiger partial charge >= 0.3 is 0 Å². The number of hydrogen-bond acceptors (Lipinski definition) is 4. The van der Waals surface area contributed by atoms with E-state index in [-0.39, 0.29) is 6.29 Å². The molecule has 0 spiro atoms. The van der Waals surface area contributed by atoms with Gasteiger partial charge in [0.05, 0.1) is 0 Å². The van der Waals surface area contributed by atoms with Crippen LogP contribution in [0.25, 0.3) is 0 Å². The average Bonchev–Trinajstić information content (AvgIpc) is 2.29. The third-order valence-corrected chi connectivity index (χ3v) is 1.93. The number of allylic oxidation sites excluding steroid dienone is 2. The van der Waals surface area contributed by atoms with Crippen molar-refractivity contribution in [1.82, 2.24) is 10.3 Å². The molecule has 2 heterocycles. The van der Waals surface area contributed by atoms with Crippen molar-refractivity contribution in [2.24, 2.45) is 10.1 Å². The highest BCUT2D eigenvalue weighted by Gasteiger charge is 2.26. The Labute approximate surface area is 71.7 Å². The minimum atomic E-state index is -0.00463. The summed E-state index contributed by atoms with van der Waals surface area (Å²) in [5, 5.41) is 9.34. The molecule has 0 aromatic rings. The van der Waals surface area contributed by atoms with E-state index >= 15 is 0 Å². The van der Waals surface area contributed by atoms with Crippen molar-refractivity contribution in [3.05, 3.63) is 11.8 Å². The highest BCUT2D eigenvalue weighted by atomic mass is 15.6. The van der Waals surface area contributed by atoms with Gasteiger partial charge in [-0.2, -0.15) is 5.10 Å². The van der Waals surface area contributed by atoms with Crippen LogP contribution >= 0.6 is 0 Å². The lowest BCUT2D eigenvalue weighted by Gasteiger charge is -2.24. The van der Waals surface area contributed by atoms with Crippen LogP contribution in [0.5, 0.6) is 0 Å². The summed E-state index contributed by atoms with van der Waals surface area (Å²) in [4.78, 5) is 4.39. The third-order valence-electron chi connectivity index (χ3n) is 1.93. The molecule has 0 bridgehead atoms. The SMILES string of the molecule is CC1=CC(C)=NC2NC(C)=NN12. The Hall–Kier alpha value is -1.32. The van der Waals surface area contributed by atoms with E-state index in [9.17, 15) is 0 Å². The molecular weight excluding hydrogens is 152 g/mol. The number of amidine groups is 1. The van der Waals surface area contributed by atoms with E-state index in [1.54, 1.807) is 0 Å². The molecule has 2 rings (SSSR count). The van der Waals surface area contributed by atoms with E-state index in [4.69, 9.17) is 0 Å². The van der Waals surface area contributed by atoms with Crippen molar-refractivity contribution in [2.75, 3.05) is 0 Å². The topological polar surface area (TPSA) is 40.0 Å². The van der Waals surface area contributed by atoms with Gasteiger partial charge in [0.15, 0.2) is 0 Å². The number of hydrogen-bond donors (Lipinski definition) is 1. The fraction of sp³-hybridized carbons (Fsp3) is 0.500. The van der Waals surface area contributed by atoms with Crippen molar-refractivity contribution >= 4 is 11.5 Å². The number of hydrazone groups is 1. The van der Waals surface area contributed by atoms with Crippen LogP contribution in [0.2, 0.25) is 0 Å². The van der Waals surface area contributed by atoms with Crippen molar-refractivity contribution in [3.8, 4) is 0 Å². The second-order valence-electron chi connectivity index (χ2n) is 3.10. The Balaban J connectivity index is 2.33.